The molecule has 0 aromatic carbocycles. The molecule has 0 amide bonds. The van der Waals surface area contributed by atoms with Gasteiger partial charge in [-0.3, -0.25) is 14.4 Å². The van der Waals surface area contributed by atoms with E-state index in [4.69, 9.17) is 14.2 Å². The van der Waals surface area contributed by atoms with Gasteiger partial charge >= 0.3 is 17.9 Å². The summed E-state index contributed by atoms with van der Waals surface area (Å²) in [5.74, 6) is -0.945. The normalized spacial score (nSPS) is 12.5. The molecule has 0 rings (SSSR count). The van der Waals surface area contributed by atoms with Gasteiger partial charge in [0.2, 0.25) is 0 Å². The fourth-order valence-electron chi connectivity index (χ4n) is 8.14. The number of esters is 3. The Kier molecular flexibility index (Phi) is 53.3. The zero-order valence-corrected chi connectivity index (χ0v) is 44.4. The lowest BCUT2D eigenvalue weighted by Gasteiger charge is -2.18. The highest BCUT2D eigenvalue weighted by Gasteiger charge is 2.19. The fraction of sp³-hybridized carbons (Fsp3) is 0.787. The van der Waals surface area contributed by atoms with Crippen molar-refractivity contribution in [1.29, 1.82) is 0 Å². The summed E-state index contributed by atoms with van der Waals surface area (Å²) in [5.41, 5.74) is 0. The van der Waals surface area contributed by atoms with Gasteiger partial charge in [0.15, 0.2) is 6.10 Å². The van der Waals surface area contributed by atoms with E-state index in [-0.39, 0.29) is 37.5 Å². The Morgan fingerprint density at radius 2 is 0.552 bits per heavy atom. The molecule has 0 heterocycles. The van der Waals surface area contributed by atoms with Crippen LogP contribution in [0.25, 0.3) is 0 Å². The number of carbonyl (C=O) groups is 3. The minimum Gasteiger partial charge on any atom is -0.462 e. The van der Waals surface area contributed by atoms with Crippen LogP contribution in [-0.4, -0.2) is 37.2 Å². The summed E-state index contributed by atoms with van der Waals surface area (Å²) in [5, 5.41) is 0. The lowest BCUT2D eigenvalue weighted by molar-refractivity contribution is -0.167. The van der Waals surface area contributed by atoms with Crippen molar-refractivity contribution >= 4 is 17.9 Å². The van der Waals surface area contributed by atoms with Gasteiger partial charge in [0.1, 0.15) is 13.2 Å². The van der Waals surface area contributed by atoms with Crippen LogP contribution < -0.4 is 0 Å². The second kappa shape index (κ2) is 55.7. The summed E-state index contributed by atoms with van der Waals surface area (Å²) in [6.07, 6.45) is 69.3. The third-order valence-electron chi connectivity index (χ3n) is 12.5. The molecule has 0 saturated heterocycles. The molecule has 0 saturated carbocycles. The van der Waals surface area contributed by atoms with E-state index in [2.05, 4.69) is 81.5 Å². The van der Waals surface area contributed by atoms with Gasteiger partial charge in [-0.2, -0.15) is 0 Å². The van der Waals surface area contributed by atoms with Gasteiger partial charge in [-0.05, 0) is 83.5 Å². The maximum atomic E-state index is 12.8. The Balaban J connectivity index is 4.43. The van der Waals surface area contributed by atoms with Crippen molar-refractivity contribution in [2.45, 2.75) is 297 Å². The first kappa shape index (κ1) is 64.1. The monoisotopic (exact) mass is 937 g/mol. The van der Waals surface area contributed by atoms with Crippen LogP contribution >= 0.6 is 0 Å². The molecule has 6 nitrogen and oxygen atoms in total. The Morgan fingerprint density at radius 1 is 0.299 bits per heavy atom. The molecule has 6 heteroatoms. The summed E-state index contributed by atoms with van der Waals surface area (Å²) >= 11 is 0. The number of rotatable bonds is 52. The quantitative estimate of drug-likeness (QED) is 0.0262. The largest absolute Gasteiger partial charge is 0.462 e. The number of allylic oxidation sites excluding steroid dienone is 10. The smallest absolute Gasteiger partial charge is 0.306 e. The van der Waals surface area contributed by atoms with E-state index >= 15 is 0 Å². The maximum Gasteiger partial charge on any atom is 0.306 e. The molecule has 0 aliphatic carbocycles. The molecule has 1 atom stereocenters. The van der Waals surface area contributed by atoms with Crippen molar-refractivity contribution in [3.8, 4) is 0 Å². The molecule has 0 unspecified atom stereocenters. The maximum absolute atomic E-state index is 12.8. The van der Waals surface area contributed by atoms with Crippen molar-refractivity contribution in [3.63, 3.8) is 0 Å². The van der Waals surface area contributed by atoms with Gasteiger partial charge in [0.25, 0.3) is 0 Å². The van der Waals surface area contributed by atoms with Crippen LogP contribution in [0.5, 0.6) is 0 Å². The summed E-state index contributed by atoms with van der Waals surface area (Å²) in [4.78, 5) is 38.1. The van der Waals surface area contributed by atoms with Crippen molar-refractivity contribution < 1.29 is 28.6 Å². The second-order valence-corrected chi connectivity index (χ2v) is 19.2. The van der Waals surface area contributed by atoms with Crippen molar-refractivity contribution in [1.82, 2.24) is 0 Å². The molecule has 0 fully saturated rings. The first-order chi connectivity index (χ1) is 33.0. The lowest BCUT2D eigenvalue weighted by Crippen LogP contribution is -2.30. The summed E-state index contributed by atoms with van der Waals surface area (Å²) in [6.45, 7) is 6.59. The molecule has 0 radical (unpaired) electrons. The van der Waals surface area contributed by atoms with E-state index < -0.39 is 6.10 Å². The van der Waals surface area contributed by atoms with Gasteiger partial charge in [-0.1, -0.05) is 248 Å². The standard InChI is InChI=1S/C61H108O6/c1-4-7-10-13-16-19-22-25-27-29-30-32-33-36-39-42-45-48-51-54-60(63)66-57-58(56-65-59(62)53-50-47-44-41-38-35-24-21-18-15-12-9-6-3)67-61(64)55-52-49-46-43-40-37-34-31-28-26-23-20-17-14-11-8-5-2/h17,20,26,28-30,34,37,43,46,58H,4-16,18-19,21-25,27,31-33,35-36,38-42,44-45,47-57H2,1-3H3/b20-17-,28-26-,30-29-,37-34-,46-43-/t58-/m1/s1. The van der Waals surface area contributed by atoms with E-state index in [1.165, 1.54) is 180 Å². The SMILES string of the molecule is CCCCC/C=C\C/C=C\C/C=C\C/C=C\CCCC(=O)O[C@@H](COC(=O)CCCCCCCCC/C=C\CCCCCCCCCC)COC(=O)CCCCCCCCCCCCCCC. The Bertz CT molecular complexity index is 1210. The topological polar surface area (TPSA) is 78.9 Å². The zero-order valence-electron chi connectivity index (χ0n) is 44.4. The minimum atomic E-state index is -0.802. The van der Waals surface area contributed by atoms with E-state index in [9.17, 15) is 14.4 Å². The molecule has 0 aromatic rings. The van der Waals surface area contributed by atoms with Gasteiger partial charge < -0.3 is 14.2 Å². The fourth-order valence-corrected chi connectivity index (χ4v) is 8.14. The van der Waals surface area contributed by atoms with E-state index in [0.29, 0.717) is 19.3 Å². The molecule has 0 bridgehead atoms. The third kappa shape index (κ3) is 53.9. The lowest BCUT2D eigenvalue weighted by atomic mass is 10.0. The number of hydrogen-bond donors (Lipinski definition) is 0. The zero-order chi connectivity index (χ0) is 48.6. The van der Waals surface area contributed by atoms with E-state index in [0.717, 1.165) is 64.2 Å². The summed E-state index contributed by atoms with van der Waals surface area (Å²) in [6, 6.07) is 0. The highest BCUT2D eigenvalue weighted by Crippen LogP contribution is 2.15. The van der Waals surface area contributed by atoms with Crippen LogP contribution in [0.1, 0.15) is 290 Å². The minimum absolute atomic E-state index is 0.0947. The van der Waals surface area contributed by atoms with Gasteiger partial charge in [0.05, 0.1) is 0 Å². The van der Waals surface area contributed by atoms with Crippen LogP contribution in [-0.2, 0) is 28.6 Å². The Morgan fingerprint density at radius 3 is 0.925 bits per heavy atom. The Hall–Kier alpha value is -2.89. The van der Waals surface area contributed by atoms with E-state index in [1.807, 2.05) is 0 Å². The molecule has 67 heavy (non-hydrogen) atoms. The first-order valence-electron chi connectivity index (χ1n) is 28.8. The Labute approximate surface area is 415 Å². The average molecular weight is 938 g/mol. The van der Waals surface area contributed by atoms with Crippen LogP contribution in [0.3, 0.4) is 0 Å². The molecular formula is C61H108O6. The molecule has 0 aliphatic rings. The number of ether oxygens (including phenoxy) is 3. The molecule has 388 valence electrons. The summed E-state index contributed by atoms with van der Waals surface area (Å²) in [7, 11) is 0. The molecule has 0 aromatic heterocycles. The van der Waals surface area contributed by atoms with Crippen LogP contribution in [0.15, 0.2) is 60.8 Å². The first-order valence-corrected chi connectivity index (χ1v) is 28.8. The van der Waals surface area contributed by atoms with Crippen molar-refractivity contribution in [2.24, 2.45) is 0 Å². The van der Waals surface area contributed by atoms with Gasteiger partial charge in [-0.15, -0.1) is 0 Å². The van der Waals surface area contributed by atoms with Crippen LogP contribution in [0.4, 0.5) is 0 Å². The van der Waals surface area contributed by atoms with Gasteiger partial charge in [-0.25, -0.2) is 0 Å². The van der Waals surface area contributed by atoms with Crippen molar-refractivity contribution in [2.75, 3.05) is 13.2 Å². The predicted octanol–water partition coefficient (Wildman–Crippen LogP) is 19.2. The third-order valence-corrected chi connectivity index (χ3v) is 12.5. The van der Waals surface area contributed by atoms with Crippen LogP contribution in [0.2, 0.25) is 0 Å². The van der Waals surface area contributed by atoms with Crippen LogP contribution in [0, 0.1) is 0 Å². The molecule has 0 spiro atoms. The number of hydrogen-bond acceptors (Lipinski definition) is 6. The van der Waals surface area contributed by atoms with Crippen molar-refractivity contribution in [3.05, 3.63) is 60.8 Å². The average Bonchev–Trinajstić information content (AvgIpc) is 3.33. The van der Waals surface area contributed by atoms with E-state index in [1.54, 1.807) is 0 Å². The highest BCUT2D eigenvalue weighted by atomic mass is 16.6. The molecular weight excluding hydrogens is 829 g/mol. The predicted molar refractivity (Wildman–Crippen MR) is 288 cm³/mol. The molecule has 0 aliphatic heterocycles. The van der Waals surface area contributed by atoms with Gasteiger partial charge in [0, 0.05) is 19.3 Å². The second-order valence-electron chi connectivity index (χ2n) is 19.2. The summed E-state index contributed by atoms with van der Waals surface area (Å²) < 4.78 is 16.8. The number of carbonyl (C=O) groups excluding carboxylic acids is 3. The highest BCUT2D eigenvalue weighted by molar-refractivity contribution is 5.71. The number of unbranched alkanes of at least 4 members (excludes halogenated alkanes) is 31. The molecule has 0 N–H and O–H groups in total.